The third-order valence-electron chi connectivity index (χ3n) is 5.32. The number of rotatable bonds is 6. The zero-order chi connectivity index (χ0) is 17.5. The van der Waals surface area contributed by atoms with Crippen molar-refractivity contribution in [1.29, 1.82) is 0 Å². The minimum Gasteiger partial charge on any atom is -0.374 e. The molecule has 1 N–H and O–H groups in total. The zero-order valence-corrected chi connectivity index (χ0v) is 15.3. The van der Waals surface area contributed by atoms with Crippen molar-refractivity contribution >= 4 is 5.91 Å². The summed E-state index contributed by atoms with van der Waals surface area (Å²) in [5, 5.41) is 3.28. The second-order valence-electron chi connectivity index (χ2n) is 7.40. The zero-order valence-electron chi connectivity index (χ0n) is 15.3. The van der Waals surface area contributed by atoms with E-state index in [9.17, 15) is 4.79 Å². The monoisotopic (exact) mass is 345 g/mol. The summed E-state index contributed by atoms with van der Waals surface area (Å²) in [6.07, 6.45) is 3.55. The van der Waals surface area contributed by atoms with Gasteiger partial charge in [0.05, 0.1) is 19.3 Å². The number of nitrogens with one attached hydrogen (secondary N) is 1. The van der Waals surface area contributed by atoms with Crippen LogP contribution in [-0.2, 0) is 16.0 Å². The lowest BCUT2D eigenvalue weighted by Crippen LogP contribution is -2.48. The Balaban J connectivity index is 1.32. The number of hydrogen-bond acceptors (Lipinski definition) is 4. The predicted molar refractivity (Wildman–Crippen MR) is 99.6 cm³/mol. The van der Waals surface area contributed by atoms with Crippen LogP contribution in [0.15, 0.2) is 30.3 Å². The van der Waals surface area contributed by atoms with E-state index in [0.717, 1.165) is 58.6 Å². The molecule has 0 radical (unpaired) electrons. The Labute approximate surface area is 151 Å². The van der Waals surface area contributed by atoms with Crippen LogP contribution >= 0.6 is 0 Å². The Morgan fingerprint density at radius 1 is 1.20 bits per heavy atom. The number of hydrogen-bond donors (Lipinski definition) is 1. The van der Waals surface area contributed by atoms with Gasteiger partial charge in [-0.2, -0.15) is 0 Å². The fraction of sp³-hybridized carbons (Fsp3) is 0.650. The molecule has 2 aliphatic heterocycles. The van der Waals surface area contributed by atoms with Gasteiger partial charge < -0.3 is 19.9 Å². The van der Waals surface area contributed by atoms with E-state index in [2.05, 4.69) is 47.6 Å². The first-order chi connectivity index (χ1) is 12.2. The van der Waals surface area contributed by atoms with Crippen molar-refractivity contribution in [3.8, 4) is 0 Å². The van der Waals surface area contributed by atoms with E-state index in [1.165, 1.54) is 5.56 Å². The van der Waals surface area contributed by atoms with Gasteiger partial charge in [0.15, 0.2) is 0 Å². The van der Waals surface area contributed by atoms with E-state index in [4.69, 9.17) is 4.74 Å². The van der Waals surface area contributed by atoms with Crippen LogP contribution < -0.4 is 5.32 Å². The highest BCUT2D eigenvalue weighted by atomic mass is 16.5. The number of piperidine rings is 1. The van der Waals surface area contributed by atoms with Gasteiger partial charge >= 0.3 is 0 Å². The van der Waals surface area contributed by atoms with E-state index in [1.807, 2.05) is 4.90 Å². The van der Waals surface area contributed by atoms with Crippen LogP contribution in [0.1, 0.15) is 18.4 Å². The van der Waals surface area contributed by atoms with Gasteiger partial charge in [-0.3, -0.25) is 4.79 Å². The molecule has 138 valence electrons. The highest BCUT2D eigenvalue weighted by Crippen LogP contribution is 2.21. The molecule has 2 fully saturated rings. The van der Waals surface area contributed by atoms with Crippen LogP contribution in [0.5, 0.6) is 0 Å². The lowest BCUT2D eigenvalue weighted by Gasteiger charge is -2.33. The Kier molecular flexibility index (Phi) is 6.84. The predicted octanol–water partition coefficient (Wildman–Crippen LogP) is 1.39. The third kappa shape index (κ3) is 5.80. The van der Waals surface area contributed by atoms with Gasteiger partial charge in [-0.05, 0) is 37.8 Å². The van der Waals surface area contributed by atoms with Gasteiger partial charge in [-0.1, -0.05) is 30.3 Å². The summed E-state index contributed by atoms with van der Waals surface area (Å²) in [5.41, 5.74) is 1.41. The topological polar surface area (TPSA) is 44.8 Å². The van der Waals surface area contributed by atoms with Crippen LogP contribution in [0.3, 0.4) is 0 Å². The number of likely N-dealkylation sites (N-methyl/N-ethyl adjacent to an activating group) is 1. The molecule has 0 unspecified atom stereocenters. The number of ether oxygens (including phenoxy) is 1. The molecule has 5 heteroatoms. The van der Waals surface area contributed by atoms with Gasteiger partial charge in [0.2, 0.25) is 5.91 Å². The van der Waals surface area contributed by atoms with E-state index in [1.54, 1.807) is 0 Å². The maximum Gasteiger partial charge on any atom is 0.236 e. The van der Waals surface area contributed by atoms with Crippen molar-refractivity contribution in [2.75, 3.05) is 52.9 Å². The van der Waals surface area contributed by atoms with Crippen LogP contribution in [0, 0.1) is 5.92 Å². The molecular weight excluding hydrogens is 314 g/mol. The molecule has 2 heterocycles. The molecule has 3 rings (SSSR count). The standard InChI is InChI=1S/C20H31N3O2/c1-22-11-12-25-19(16-22)14-21-15-20(24)23-9-7-18(8-10-23)13-17-5-3-2-4-6-17/h2-6,18-19,21H,7-16H2,1H3/t19-/m1/s1. The molecule has 2 aliphatic rings. The summed E-state index contributed by atoms with van der Waals surface area (Å²) in [6, 6.07) is 10.7. The number of likely N-dealkylation sites (tertiary alicyclic amines) is 1. The summed E-state index contributed by atoms with van der Waals surface area (Å²) in [5.74, 6) is 0.924. The Bertz CT molecular complexity index is 529. The second kappa shape index (κ2) is 9.32. The largest absolute Gasteiger partial charge is 0.374 e. The number of nitrogens with zero attached hydrogens (tertiary/aromatic N) is 2. The average Bonchev–Trinajstić information content (AvgIpc) is 2.63. The Hall–Kier alpha value is -1.43. The molecular formula is C20H31N3O2. The molecule has 1 aromatic rings. The molecule has 2 saturated heterocycles. The van der Waals surface area contributed by atoms with Gasteiger partial charge in [0, 0.05) is 32.7 Å². The van der Waals surface area contributed by atoms with Gasteiger partial charge in [-0.15, -0.1) is 0 Å². The van der Waals surface area contributed by atoms with E-state index < -0.39 is 0 Å². The number of amides is 1. The highest BCUT2D eigenvalue weighted by Gasteiger charge is 2.23. The molecule has 0 bridgehead atoms. The maximum absolute atomic E-state index is 12.4. The van der Waals surface area contributed by atoms with E-state index >= 15 is 0 Å². The van der Waals surface area contributed by atoms with Crippen molar-refractivity contribution in [2.24, 2.45) is 5.92 Å². The van der Waals surface area contributed by atoms with Gasteiger partial charge in [-0.25, -0.2) is 0 Å². The van der Waals surface area contributed by atoms with Crippen molar-refractivity contribution in [2.45, 2.75) is 25.4 Å². The van der Waals surface area contributed by atoms with Crippen LogP contribution in [0.2, 0.25) is 0 Å². The summed E-state index contributed by atoms with van der Waals surface area (Å²) < 4.78 is 5.72. The highest BCUT2D eigenvalue weighted by molar-refractivity contribution is 5.78. The van der Waals surface area contributed by atoms with Crippen LogP contribution in [-0.4, -0.2) is 74.7 Å². The fourth-order valence-electron chi connectivity index (χ4n) is 3.78. The molecule has 0 aromatic heterocycles. The van der Waals surface area contributed by atoms with E-state index in [0.29, 0.717) is 12.5 Å². The third-order valence-corrected chi connectivity index (χ3v) is 5.32. The number of carbonyl (C=O) groups is 1. The van der Waals surface area contributed by atoms with Crippen LogP contribution in [0.4, 0.5) is 0 Å². The SMILES string of the molecule is CN1CCO[C@H](CNCC(=O)N2CCC(Cc3ccccc3)CC2)C1. The molecule has 0 aliphatic carbocycles. The number of carbonyl (C=O) groups excluding carboxylic acids is 1. The summed E-state index contributed by atoms with van der Waals surface area (Å²) in [4.78, 5) is 16.7. The molecule has 25 heavy (non-hydrogen) atoms. The van der Waals surface area contributed by atoms with Crippen molar-refractivity contribution in [1.82, 2.24) is 15.1 Å². The quantitative estimate of drug-likeness (QED) is 0.846. The van der Waals surface area contributed by atoms with Crippen LogP contribution in [0.25, 0.3) is 0 Å². The summed E-state index contributed by atoms with van der Waals surface area (Å²) in [7, 11) is 2.11. The first kappa shape index (κ1) is 18.4. The van der Waals surface area contributed by atoms with Crippen molar-refractivity contribution in [3.05, 3.63) is 35.9 Å². The van der Waals surface area contributed by atoms with Gasteiger partial charge in [0.25, 0.3) is 0 Å². The smallest absolute Gasteiger partial charge is 0.236 e. The Morgan fingerprint density at radius 3 is 2.68 bits per heavy atom. The van der Waals surface area contributed by atoms with Crippen molar-refractivity contribution < 1.29 is 9.53 Å². The maximum atomic E-state index is 12.4. The molecule has 1 atom stereocenters. The minimum absolute atomic E-state index is 0.197. The number of morpholine rings is 1. The van der Waals surface area contributed by atoms with Gasteiger partial charge in [0.1, 0.15) is 0 Å². The number of benzene rings is 1. The molecule has 0 spiro atoms. The first-order valence-corrected chi connectivity index (χ1v) is 9.53. The average molecular weight is 345 g/mol. The lowest BCUT2D eigenvalue weighted by molar-refractivity contribution is -0.131. The molecule has 1 aromatic carbocycles. The molecule has 1 amide bonds. The molecule has 0 saturated carbocycles. The van der Waals surface area contributed by atoms with Crippen molar-refractivity contribution in [3.63, 3.8) is 0 Å². The summed E-state index contributed by atoms with van der Waals surface area (Å²) >= 11 is 0. The second-order valence-corrected chi connectivity index (χ2v) is 7.40. The summed E-state index contributed by atoms with van der Waals surface area (Å²) in [6.45, 7) is 5.67. The normalized spacial score (nSPS) is 22.9. The molecule has 5 nitrogen and oxygen atoms in total. The van der Waals surface area contributed by atoms with E-state index in [-0.39, 0.29) is 12.0 Å². The Morgan fingerprint density at radius 2 is 1.96 bits per heavy atom. The minimum atomic E-state index is 0.197. The fourth-order valence-corrected chi connectivity index (χ4v) is 3.78. The lowest BCUT2D eigenvalue weighted by atomic mass is 9.90. The first-order valence-electron chi connectivity index (χ1n) is 9.53.